The van der Waals surface area contributed by atoms with Crippen molar-refractivity contribution in [3.63, 3.8) is 0 Å². The SMILES string of the molecule is C=CCOC(=O)N1C[C@@H](SC(C)=O)C[C@H]1CN(C)c1ccnn1CCO. The number of rotatable bonds is 8. The second-order valence-electron chi connectivity index (χ2n) is 6.16. The van der Waals surface area contributed by atoms with Crippen molar-refractivity contribution in [2.75, 3.05) is 38.3 Å². The van der Waals surface area contributed by atoms with Gasteiger partial charge in [0, 0.05) is 38.4 Å². The Labute approximate surface area is 157 Å². The first-order valence-electron chi connectivity index (χ1n) is 8.51. The van der Waals surface area contributed by atoms with E-state index in [0.717, 1.165) is 5.82 Å². The lowest BCUT2D eigenvalue weighted by atomic mass is 10.2. The Balaban J connectivity index is 2.08. The molecular formula is C17H26N4O4S. The Bertz CT molecular complexity index is 636. The highest BCUT2D eigenvalue weighted by atomic mass is 32.2. The van der Waals surface area contributed by atoms with E-state index < -0.39 is 0 Å². The molecule has 0 aliphatic carbocycles. The van der Waals surface area contributed by atoms with Gasteiger partial charge in [-0.3, -0.25) is 4.79 Å². The van der Waals surface area contributed by atoms with Crippen LogP contribution in [0.15, 0.2) is 24.9 Å². The van der Waals surface area contributed by atoms with E-state index in [2.05, 4.69) is 11.7 Å². The van der Waals surface area contributed by atoms with Gasteiger partial charge in [-0.25, -0.2) is 9.48 Å². The fourth-order valence-electron chi connectivity index (χ4n) is 3.13. The Hall–Kier alpha value is -2.00. The van der Waals surface area contributed by atoms with Crippen LogP contribution in [0.2, 0.25) is 0 Å². The maximum absolute atomic E-state index is 12.4. The monoisotopic (exact) mass is 382 g/mol. The Kier molecular flexibility index (Phi) is 7.52. The van der Waals surface area contributed by atoms with E-state index >= 15 is 0 Å². The van der Waals surface area contributed by atoms with Crippen LogP contribution in [0.5, 0.6) is 0 Å². The molecule has 0 unspecified atom stereocenters. The van der Waals surface area contributed by atoms with Crippen LogP contribution in [0.3, 0.4) is 0 Å². The number of carbonyl (C=O) groups excluding carboxylic acids is 2. The minimum atomic E-state index is -0.390. The number of aromatic nitrogens is 2. The molecule has 0 bridgehead atoms. The molecule has 1 aromatic rings. The number of hydrogen-bond acceptors (Lipinski definition) is 7. The predicted molar refractivity (Wildman–Crippen MR) is 101 cm³/mol. The molecule has 0 saturated carbocycles. The molecular weight excluding hydrogens is 356 g/mol. The number of nitrogens with zero attached hydrogens (tertiary/aromatic N) is 4. The van der Waals surface area contributed by atoms with Crippen LogP contribution in [0, 0.1) is 0 Å². The van der Waals surface area contributed by atoms with E-state index in [0.29, 0.717) is 26.1 Å². The van der Waals surface area contributed by atoms with Gasteiger partial charge in [-0.1, -0.05) is 24.4 Å². The molecule has 2 rings (SSSR count). The maximum atomic E-state index is 12.4. The van der Waals surface area contributed by atoms with Crippen molar-refractivity contribution in [2.24, 2.45) is 0 Å². The first-order valence-corrected chi connectivity index (χ1v) is 9.39. The van der Waals surface area contributed by atoms with Crippen molar-refractivity contribution in [1.82, 2.24) is 14.7 Å². The van der Waals surface area contributed by atoms with Crippen LogP contribution >= 0.6 is 11.8 Å². The Morgan fingerprint density at radius 3 is 3.00 bits per heavy atom. The number of hydrogen-bond donors (Lipinski definition) is 1. The average molecular weight is 382 g/mol. The first kappa shape index (κ1) is 20.3. The second kappa shape index (κ2) is 9.63. The third kappa shape index (κ3) is 5.25. The van der Waals surface area contributed by atoms with Gasteiger partial charge in [-0.15, -0.1) is 0 Å². The first-order chi connectivity index (χ1) is 12.5. The molecule has 1 aromatic heterocycles. The van der Waals surface area contributed by atoms with Gasteiger partial charge in [0.1, 0.15) is 12.4 Å². The largest absolute Gasteiger partial charge is 0.445 e. The van der Waals surface area contributed by atoms with Gasteiger partial charge in [0.05, 0.1) is 25.4 Å². The maximum Gasteiger partial charge on any atom is 0.410 e. The number of likely N-dealkylation sites (N-methyl/N-ethyl adjacent to an activating group) is 1. The van der Waals surface area contributed by atoms with Gasteiger partial charge in [0.2, 0.25) is 0 Å². The van der Waals surface area contributed by atoms with E-state index in [1.54, 1.807) is 15.8 Å². The van der Waals surface area contributed by atoms with E-state index in [1.165, 1.54) is 24.8 Å². The highest BCUT2D eigenvalue weighted by Crippen LogP contribution is 2.29. The molecule has 1 aliphatic rings. The molecule has 9 heteroatoms. The highest BCUT2D eigenvalue weighted by molar-refractivity contribution is 8.14. The summed E-state index contributed by atoms with van der Waals surface area (Å²) in [6.07, 6.45) is 3.54. The standard InChI is InChI=1S/C17H26N4O4S/c1-4-9-25-17(24)20-12-15(26-13(2)23)10-14(20)11-19(3)16-5-6-18-21(16)7-8-22/h4-6,14-15,22H,1,7-12H2,2-3H3/t14-,15-/m0/s1. The number of amides is 1. The van der Waals surface area contributed by atoms with Crippen molar-refractivity contribution < 1.29 is 19.4 Å². The topological polar surface area (TPSA) is 87.9 Å². The molecule has 1 aliphatic heterocycles. The number of thioether (sulfide) groups is 1. The molecule has 0 aromatic carbocycles. The van der Waals surface area contributed by atoms with Gasteiger partial charge in [0.15, 0.2) is 5.12 Å². The fourth-order valence-corrected chi connectivity index (χ4v) is 4.15. The number of aliphatic hydroxyl groups excluding tert-OH is 1. The van der Waals surface area contributed by atoms with Gasteiger partial charge < -0.3 is 19.6 Å². The van der Waals surface area contributed by atoms with Crippen LogP contribution in [-0.2, 0) is 16.1 Å². The third-order valence-corrected chi connectivity index (χ3v) is 5.16. The van der Waals surface area contributed by atoms with E-state index in [-0.39, 0.29) is 35.7 Å². The summed E-state index contributed by atoms with van der Waals surface area (Å²) in [5, 5.41) is 13.5. The van der Waals surface area contributed by atoms with Crippen molar-refractivity contribution >= 4 is 28.8 Å². The molecule has 26 heavy (non-hydrogen) atoms. The third-order valence-electron chi connectivity index (χ3n) is 4.15. The molecule has 1 saturated heterocycles. The summed E-state index contributed by atoms with van der Waals surface area (Å²) < 4.78 is 6.92. The van der Waals surface area contributed by atoms with Gasteiger partial charge in [-0.2, -0.15) is 5.10 Å². The predicted octanol–water partition coefficient (Wildman–Crippen LogP) is 1.36. The summed E-state index contributed by atoms with van der Waals surface area (Å²) in [5.41, 5.74) is 0. The zero-order valence-electron chi connectivity index (χ0n) is 15.2. The van der Waals surface area contributed by atoms with Gasteiger partial charge in [0.25, 0.3) is 0 Å². The minimum Gasteiger partial charge on any atom is -0.445 e. The van der Waals surface area contributed by atoms with Crippen molar-refractivity contribution in [3.8, 4) is 0 Å². The second-order valence-corrected chi connectivity index (χ2v) is 7.63. The minimum absolute atomic E-state index is 0.00325. The lowest BCUT2D eigenvalue weighted by Crippen LogP contribution is -2.43. The van der Waals surface area contributed by atoms with Gasteiger partial charge >= 0.3 is 6.09 Å². The summed E-state index contributed by atoms with van der Waals surface area (Å²) in [5.74, 6) is 0.862. The number of likely N-dealkylation sites (tertiary alicyclic amines) is 1. The van der Waals surface area contributed by atoms with Crippen molar-refractivity contribution in [3.05, 3.63) is 24.9 Å². The average Bonchev–Trinajstić information content (AvgIpc) is 3.19. The molecule has 1 N–H and O–H groups in total. The summed E-state index contributed by atoms with van der Waals surface area (Å²) in [7, 11) is 1.92. The van der Waals surface area contributed by atoms with Gasteiger partial charge in [-0.05, 0) is 6.42 Å². The van der Waals surface area contributed by atoms with Crippen molar-refractivity contribution in [1.29, 1.82) is 0 Å². The number of ether oxygens (including phenoxy) is 1. The van der Waals surface area contributed by atoms with Crippen LogP contribution in [0.1, 0.15) is 13.3 Å². The molecule has 2 atom stereocenters. The summed E-state index contributed by atoms with van der Waals surface area (Å²) in [4.78, 5) is 27.5. The summed E-state index contributed by atoms with van der Waals surface area (Å²) in [6.45, 7) is 6.73. The fraction of sp³-hybridized carbons (Fsp3) is 0.588. The molecule has 0 spiro atoms. The highest BCUT2D eigenvalue weighted by Gasteiger charge is 2.37. The van der Waals surface area contributed by atoms with Crippen LogP contribution < -0.4 is 4.90 Å². The smallest absolute Gasteiger partial charge is 0.410 e. The Morgan fingerprint density at radius 2 is 2.35 bits per heavy atom. The number of anilines is 1. The normalized spacial score (nSPS) is 19.4. The zero-order chi connectivity index (χ0) is 19.1. The van der Waals surface area contributed by atoms with Crippen molar-refractivity contribution in [2.45, 2.75) is 31.2 Å². The zero-order valence-corrected chi connectivity index (χ0v) is 16.0. The molecule has 8 nitrogen and oxygen atoms in total. The summed E-state index contributed by atoms with van der Waals surface area (Å²) in [6, 6.07) is 1.79. The van der Waals surface area contributed by atoms with E-state index in [4.69, 9.17) is 9.84 Å². The van der Waals surface area contributed by atoms with Crippen LogP contribution in [0.4, 0.5) is 10.6 Å². The van der Waals surface area contributed by atoms with E-state index in [9.17, 15) is 9.59 Å². The molecule has 1 fully saturated rings. The molecule has 0 radical (unpaired) electrons. The van der Waals surface area contributed by atoms with Crippen LogP contribution in [0.25, 0.3) is 0 Å². The summed E-state index contributed by atoms with van der Waals surface area (Å²) >= 11 is 1.27. The molecule has 2 heterocycles. The van der Waals surface area contributed by atoms with E-state index in [1.807, 2.05) is 18.0 Å². The molecule has 1 amide bonds. The number of carbonyl (C=O) groups is 2. The Morgan fingerprint density at radius 1 is 1.58 bits per heavy atom. The van der Waals surface area contributed by atoms with Crippen LogP contribution in [-0.4, -0.2) is 75.6 Å². The lowest BCUT2D eigenvalue weighted by molar-refractivity contribution is -0.109. The molecule has 144 valence electrons. The lowest BCUT2D eigenvalue weighted by Gasteiger charge is -2.29. The number of aliphatic hydroxyl groups is 1. The quantitative estimate of drug-likeness (QED) is 0.679.